The summed E-state index contributed by atoms with van der Waals surface area (Å²) in [4.78, 5) is 8.07. The van der Waals surface area contributed by atoms with Crippen LogP contribution in [0.5, 0.6) is 0 Å². The normalized spacial score (nSPS) is 10.8. The summed E-state index contributed by atoms with van der Waals surface area (Å²) >= 11 is 0. The van der Waals surface area contributed by atoms with E-state index in [-0.39, 0.29) is 11.6 Å². The van der Waals surface area contributed by atoms with Gasteiger partial charge in [-0.15, -0.1) is 0 Å². The lowest BCUT2D eigenvalue weighted by atomic mass is 10.1. The maximum absolute atomic E-state index is 13.6. The molecule has 1 heterocycles. The van der Waals surface area contributed by atoms with Crippen molar-refractivity contribution < 1.29 is 13.2 Å². The first-order valence-electron chi connectivity index (χ1n) is 6.95. The molecule has 7 heteroatoms. The highest BCUT2D eigenvalue weighted by Gasteiger charge is 2.14. The van der Waals surface area contributed by atoms with E-state index < -0.39 is 17.5 Å². The van der Waals surface area contributed by atoms with Crippen LogP contribution in [-0.4, -0.2) is 16.5 Å². The molecule has 0 aliphatic rings. The largest absolute Gasteiger partial charge is 0.370 e. The van der Waals surface area contributed by atoms with Crippen molar-refractivity contribution >= 4 is 17.5 Å². The Hall–Kier alpha value is -2.31. The second-order valence-electron chi connectivity index (χ2n) is 5.22. The Kier molecular flexibility index (Phi) is 5.19. The number of hydrogen-bond donors (Lipinski definition) is 2. The van der Waals surface area contributed by atoms with Crippen LogP contribution < -0.4 is 10.6 Å². The Balaban J connectivity index is 2.09. The first kappa shape index (κ1) is 16.1. The van der Waals surface area contributed by atoms with Crippen LogP contribution in [0.2, 0.25) is 0 Å². The number of rotatable bonds is 6. The highest BCUT2D eigenvalue weighted by atomic mass is 19.2. The Morgan fingerprint density at radius 3 is 2.59 bits per heavy atom. The van der Waals surface area contributed by atoms with E-state index in [4.69, 9.17) is 0 Å². The number of anilines is 3. The third-order valence-electron chi connectivity index (χ3n) is 2.97. The van der Waals surface area contributed by atoms with Crippen molar-refractivity contribution in [1.29, 1.82) is 0 Å². The molecule has 1 aromatic carbocycles. The summed E-state index contributed by atoms with van der Waals surface area (Å²) in [5, 5.41) is 5.65. The summed E-state index contributed by atoms with van der Waals surface area (Å²) in [5.74, 6) is -2.85. The van der Waals surface area contributed by atoms with E-state index in [1.165, 1.54) is 6.20 Å². The van der Waals surface area contributed by atoms with Crippen LogP contribution in [0.4, 0.5) is 30.6 Å². The maximum Gasteiger partial charge on any atom is 0.229 e. The van der Waals surface area contributed by atoms with Gasteiger partial charge in [-0.1, -0.05) is 13.8 Å². The van der Waals surface area contributed by atoms with E-state index in [0.717, 1.165) is 25.1 Å². The minimum Gasteiger partial charge on any atom is -0.370 e. The molecule has 0 unspecified atom stereocenters. The second-order valence-corrected chi connectivity index (χ2v) is 5.22. The van der Waals surface area contributed by atoms with Crippen molar-refractivity contribution in [3.63, 3.8) is 0 Å². The molecule has 22 heavy (non-hydrogen) atoms. The molecule has 0 spiro atoms. The van der Waals surface area contributed by atoms with E-state index >= 15 is 0 Å². The molecule has 0 fully saturated rings. The average molecular weight is 310 g/mol. The van der Waals surface area contributed by atoms with Gasteiger partial charge in [-0.3, -0.25) is 0 Å². The van der Waals surface area contributed by atoms with Gasteiger partial charge in [0.2, 0.25) is 5.95 Å². The molecular formula is C15H17F3N4. The van der Waals surface area contributed by atoms with Crippen LogP contribution in [0.1, 0.15) is 20.3 Å². The Morgan fingerprint density at radius 2 is 1.86 bits per heavy atom. The summed E-state index contributed by atoms with van der Waals surface area (Å²) in [6.07, 6.45) is 2.47. The van der Waals surface area contributed by atoms with Gasteiger partial charge < -0.3 is 10.6 Å². The van der Waals surface area contributed by atoms with Crippen LogP contribution in [0.15, 0.2) is 24.4 Å². The Morgan fingerprint density at radius 1 is 1.09 bits per heavy atom. The van der Waals surface area contributed by atoms with E-state index in [1.54, 1.807) is 6.07 Å². The number of aromatic nitrogens is 2. The van der Waals surface area contributed by atoms with Gasteiger partial charge in [0.25, 0.3) is 0 Å². The van der Waals surface area contributed by atoms with Crippen LogP contribution in [0.25, 0.3) is 0 Å². The Bertz CT molecular complexity index is 647. The molecule has 0 aliphatic heterocycles. The van der Waals surface area contributed by atoms with E-state index in [1.807, 2.05) is 0 Å². The smallest absolute Gasteiger partial charge is 0.229 e. The first-order chi connectivity index (χ1) is 10.5. The lowest BCUT2D eigenvalue weighted by Crippen LogP contribution is -2.08. The Labute approximate surface area is 126 Å². The number of nitrogens with one attached hydrogen (secondary N) is 2. The molecule has 0 saturated carbocycles. The highest BCUT2D eigenvalue weighted by molar-refractivity contribution is 5.55. The molecule has 118 valence electrons. The zero-order valence-electron chi connectivity index (χ0n) is 12.3. The highest BCUT2D eigenvalue weighted by Crippen LogP contribution is 2.22. The molecule has 0 radical (unpaired) electrons. The molecule has 0 bridgehead atoms. The van der Waals surface area contributed by atoms with Gasteiger partial charge in [0.1, 0.15) is 5.82 Å². The number of benzene rings is 1. The molecule has 1 aromatic heterocycles. The molecule has 0 amide bonds. The van der Waals surface area contributed by atoms with Gasteiger partial charge >= 0.3 is 0 Å². The third-order valence-corrected chi connectivity index (χ3v) is 2.97. The monoisotopic (exact) mass is 310 g/mol. The SMILES string of the molecule is CC(C)CCNc1ccnc(Nc2ccc(F)c(F)c2F)n1. The van der Waals surface area contributed by atoms with Gasteiger partial charge in [0.05, 0.1) is 5.69 Å². The predicted molar refractivity (Wildman–Crippen MR) is 79.6 cm³/mol. The molecular weight excluding hydrogens is 293 g/mol. The van der Waals surface area contributed by atoms with Crippen molar-refractivity contribution in [1.82, 2.24) is 9.97 Å². The van der Waals surface area contributed by atoms with Gasteiger partial charge in [0.15, 0.2) is 17.5 Å². The van der Waals surface area contributed by atoms with Gasteiger partial charge in [-0.05, 0) is 30.5 Å². The summed E-state index contributed by atoms with van der Waals surface area (Å²) < 4.78 is 39.6. The van der Waals surface area contributed by atoms with E-state index in [2.05, 4.69) is 34.4 Å². The summed E-state index contributed by atoms with van der Waals surface area (Å²) in [6.45, 7) is 4.97. The van der Waals surface area contributed by atoms with Crippen molar-refractivity contribution in [3.8, 4) is 0 Å². The molecule has 2 rings (SSSR count). The summed E-state index contributed by atoms with van der Waals surface area (Å²) in [7, 11) is 0. The van der Waals surface area contributed by atoms with Gasteiger partial charge in [-0.2, -0.15) is 4.98 Å². The first-order valence-corrected chi connectivity index (χ1v) is 6.95. The molecule has 0 saturated heterocycles. The summed E-state index contributed by atoms with van der Waals surface area (Å²) in [6, 6.07) is 3.61. The minimum absolute atomic E-state index is 0.0967. The summed E-state index contributed by atoms with van der Waals surface area (Å²) in [5.41, 5.74) is -0.224. The van der Waals surface area contributed by atoms with E-state index in [0.29, 0.717) is 11.7 Å². The lowest BCUT2D eigenvalue weighted by molar-refractivity contribution is 0.449. The number of nitrogens with zero attached hydrogens (tertiary/aromatic N) is 2. The lowest BCUT2D eigenvalue weighted by Gasteiger charge is -2.10. The van der Waals surface area contributed by atoms with Crippen LogP contribution in [-0.2, 0) is 0 Å². The molecule has 4 nitrogen and oxygen atoms in total. The van der Waals surface area contributed by atoms with Crippen molar-refractivity contribution in [2.75, 3.05) is 17.2 Å². The van der Waals surface area contributed by atoms with Gasteiger partial charge in [0, 0.05) is 12.7 Å². The zero-order chi connectivity index (χ0) is 16.1. The van der Waals surface area contributed by atoms with Crippen molar-refractivity contribution in [3.05, 3.63) is 41.8 Å². The van der Waals surface area contributed by atoms with Crippen LogP contribution in [0.3, 0.4) is 0 Å². The fourth-order valence-electron chi connectivity index (χ4n) is 1.75. The molecule has 0 atom stereocenters. The molecule has 2 N–H and O–H groups in total. The zero-order valence-corrected chi connectivity index (χ0v) is 12.3. The number of hydrogen-bond acceptors (Lipinski definition) is 4. The topological polar surface area (TPSA) is 49.8 Å². The molecule has 2 aromatic rings. The van der Waals surface area contributed by atoms with Crippen LogP contribution in [0, 0.1) is 23.4 Å². The predicted octanol–water partition coefficient (Wildman–Crippen LogP) is 4.10. The third kappa shape index (κ3) is 4.09. The second kappa shape index (κ2) is 7.11. The van der Waals surface area contributed by atoms with E-state index in [9.17, 15) is 13.2 Å². The van der Waals surface area contributed by atoms with Gasteiger partial charge in [-0.25, -0.2) is 18.2 Å². The standard InChI is InChI=1S/C15H17F3N4/c1-9(2)5-7-19-12-6-8-20-15(22-12)21-11-4-3-10(16)13(17)14(11)18/h3-4,6,8-9H,5,7H2,1-2H3,(H2,19,20,21,22). The quantitative estimate of drug-likeness (QED) is 0.789. The minimum atomic E-state index is -1.53. The fraction of sp³-hybridized carbons (Fsp3) is 0.333. The van der Waals surface area contributed by atoms with Crippen LogP contribution >= 0.6 is 0 Å². The average Bonchev–Trinajstić information content (AvgIpc) is 2.48. The fourth-order valence-corrected chi connectivity index (χ4v) is 1.75. The van der Waals surface area contributed by atoms with Crippen molar-refractivity contribution in [2.24, 2.45) is 5.92 Å². The number of halogens is 3. The maximum atomic E-state index is 13.6. The molecule has 0 aliphatic carbocycles. The van der Waals surface area contributed by atoms with Crippen molar-refractivity contribution in [2.45, 2.75) is 20.3 Å².